The zero-order valence-electron chi connectivity index (χ0n) is 12.4. The summed E-state index contributed by atoms with van der Waals surface area (Å²) >= 11 is 0. The molecule has 0 N–H and O–H groups in total. The molecule has 0 bridgehead atoms. The number of hydrogen-bond acceptors (Lipinski definition) is 2. The van der Waals surface area contributed by atoms with Crippen molar-refractivity contribution in [1.82, 2.24) is 9.80 Å². The largest absolute Gasteiger partial charge is 0.367 e. The minimum Gasteiger partial charge on any atom is -0.367 e. The van der Waals surface area contributed by atoms with Crippen molar-refractivity contribution in [2.75, 3.05) is 6.54 Å². The highest BCUT2D eigenvalue weighted by Crippen LogP contribution is 2.36. The number of carbonyl (C=O) groups excluding carboxylic acids is 1. The van der Waals surface area contributed by atoms with Gasteiger partial charge in [-0.25, -0.2) is 0 Å². The van der Waals surface area contributed by atoms with Crippen molar-refractivity contribution in [3.8, 4) is 0 Å². The molecule has 0 radical (unpaired) electrons. The highest BCUT2D eigenvalue weighted by molar-refractivity contribution is 5.86. The van der Waals surface area contributed by atoms with Crippen LogP contribution in [-0.2, 0) is 4.79 Å². The van der Waals surface area contributed by atoms with E-state index in [1.54, 1.807) is 0 Å². The smallest absolute Gasteiger partial charge is 0.231 e. The SMILES string of the molecule is CC(C)(C)N1C=CC2=C(C1)N(C(C)(C)C)C(=O)C2. The van der Waals surface area contributed by atoms with Crippen LogP contribution >= 0.6 is 0 Å². The number of allylic oxidation sites excluding steroid dienone is 1. The summed E-state index contributed by atoms with van der Waals surface area (Å²) in [5, 5.41) is 0. The van der Waals surface area contributed by atoms with E-state index >= 15 is 0 Å². The van der Waals surface area contributed by atoms with Crippen molar-refractivity contribution in [2.45, 2.75) is 59.0 Å². The summed E-state index contributed by atoms with van der Waals surface area (Å²) in [4.78, 5) is 16.4. The molecule has 0 fully saturated rings. The fourth-order valence-corrected chi connectivity index (χ4v) is 2.60. The van der Waals surface area contributed by atoms with Crippen molar-refractivity contribution < 1.29 is 4.79 Å². The molecule has 2 aliphatic rings. The first-order valence-corrected chi connectivity index (χ1v) is 6.61. The van der Waals surface area contributed by atoms with Gasteiger partial charge >= 0.3 is 0 Å². The van der Waals surface area contributed by atoms with Gasteiger partial charge in [-0.1, -0.05) is 0 Å². The molecular formula is C15H24N2O. The molecule has 0 unspecified atom stereocenters. The summed E-state index contributed by atoms with van der Waals surface area (Å²) in [6.07, 6.45) is 4.78. The van der Waals surface area contributed by atoms with E-state index in [1.165, 1.54) is 11.3 Å². The Morgan fingerprint density at radius 1 is 1.06 bits per heavy atom. The van der Waals surface area contributed by atoms with E-state index in [-0.39, 0.29) is 17.0 Å². The van der Waals surface area contributed by atoms with Gasteiger partial charge in [0, 0.05) is 23.0 Å². The Morgan fingerprint density at radius 3 is 2.17 bits per heavy atom. The van der Waals surface area contributed by atoms with Crippen LogP contribution in [0.2, 0.25) is 0 Å². The van der Waals surface area contributed by atoms with E-state index in [1.807, 2.05) is 4.90 Å². The zero-order valence-corrected chi connectivity index (χ0v) is 12.4. The monoisotopic (exact) mass is 248 g/mol. The fraction of sp³-hybridized carbons (Fsp3) is 0.667. The molecule has 100 valence electrons. The molecule has 0 aliphatic carbocycles. The standard InChI is InChI=1S/C15H24N2O/c1-14(2,3)16-8-7-11-9-13(18)17(12(11)10-16)15(4,5)6/h7-8H,9-10H2,1-6H3. The number of rotatable bonds is 0. The van der Waals surface area contributed by atoms with Crippen molar-refractivity contribution >= 4 is 5.91 Å². The van der Waals surface area contributed by atoms with E-state index < -0.39 is 0 Å². The normalized spacial score (nSPS) is 20.9. The van der Waals surface area contributed by atoms with Gasteiger partial charge in [0.15, 0.2) is 0 Å². The minimum atomic E-state index is -0.136. The lowest BCUT2D eigenvalue weighted by Gasteiger charge is -2.41. The Labute approximate surface area is 110 Å². The van der Waals surface area contributed by atoms with Gasteiger partial charge < -0.3 is 9.80 Å². The Kier molecular flexibility index (Phi) is 2.84. The van der Waals surface area contributed by atoms with Gasteiger partial charge in [-0.15, -0.1) is 0 Å². The van der Waals surface area contributed by atoms with Crippen LogP contribution in [0.4, 0.5) is 0 Å². The van der Waals surface area contributed by atoms with E-state index in [0.717, 1.165) is 6.54 Å². The summed E-state index contributed by atoms with van der Waals surface area (Å²) in [5.74, 6) is 0.230. The van der Waals surface area contributed by atoms with Crippen LogP contribution in [0.5, 0.6) is 0 Å². The summed E-state index contributed by atoms with van der Waals surface area (Å²) in [6, 6.07) is 0. The summed E-state index contributed by atoms with van der Waals surface area (Å²) in [6.45, 7) is 13.7. The maximum absolute atomic E-state index is 12.2. The molecule has 0 saturated carbocycles. The van der Waals surface area contributed by atoms with Crippen molar-refractivity contribution in [3.63, 3.8) is 0 Å². The second kappa shape index (κ2) is 3.87. The van der Waals surface area contributed by atoms with E-state index in [9.17, 15) is 4.79 Å². The van der Waals surface area contributed by atoms with Gasteiger partial charge in [-0.05, 0) is 53.2 Å². The summed E-state index contributed by atoms with van der Waals surface area (Å²) in [7, 11) is 0. The van der Waals surface area contributed by atoms with E-state index in [0.29, 0.717) is 6.42 Å². The van der Waals surface area contributed by atoms with Gasteiger partial charge in [-0.3, -0.25) is 4.79 Å². The molecule has 0 aromatic carbocycles. The molecule has 2 rings (SSSR count). The summed E-state index contributed by atoms with van der Waals surface area (Å²) in [5.41, 5.74) is 2.33. The quantitative estimate of drug-likeness (QED) is 0.658. The first kappa shape index (κ1) is 13.2. The van der Waals surface area contributed by atoms with Crippen LogP contribution < -0.4 is 0 Å². The highest BCUT2D eigenvalue weighted by atomic mass is 16.2. The summed E-state index contributed by atoms with van der Waals surface area (Å²) < 4.78 is 0. The Morgan fingerprint density at radius 2 is 1.67 bits per heavy atom. The number of nitrogens with zero attached hydrogens (tertiary/aromatic N) is 2. The molecule has 2 heterocycles. The third-order valence-corrected chi connectivity index (χ3v) is 3.54. The van der Waals surface area contributed by atoms with Crippen LogP contribution in [0.1, 0.15) is 48.0 Å². The number of amides is 1. The topological polar surface area (TPSA) is 23.6 Å². The second-order valence-electron chi connectivity index (χ2n) is 7.16. The molecule has 0 aromatic rings. The van der Waals surface area contributed by atoms with E-state index in [4.69, 9.17) is 0 Å². The van der Waals surface area contributed by atoms with E-state index in [2.05, 4.69) is 58.7 Å². The molecular weight excluding hydrogens is 224 g/mol. The Bertz CT molecular complexity index is 432. The Hall–Kier alpha value is -1.25. The number of hydrogen-bond donors (Lipinski definition) is 0. The molecule has 18 heavy (non-hydrogen) atoms. The maximum Gasteiger partial charge on any atom is 0.231 e. The van der Waals surface area contributed by atoms with Crippen LogP contribution in [0.25, 0.3) is 0 Å². The van der Waals surface area contributed by atoms with Gasteiger partial charge in [0.25, 0.3) is 0 Å². The minimum absolute atomic E-state index is 0.0875. The molecule has 0 atom stereocenters. The lowest BCUT2D eigenvalue weighted by atomic mass is 10.0. The van der Waals surface area contributed by atoms with Crippen molar-refractivity contribution in [3.05, 3.63) is 23.5 Å². The van der Waals surface area contributed by atoms with Crippen molar-refractivity contribution in [2.24, 2.45) is 0 Å². The average molecular weight is 248 g/mol. The third-order valence-electron chi connectivity index (χ3n) is 3.54. The van der Waals surface area contributed by atoms with Crippen LogP contribution in [0.3, 0.4) is 0 Å². The molecule has 3 heteroatoms. The average Bonchev–Trinajstić information content (AvgIpc) is 2.49. The predicted molar refractivity (Wildman–Crippen MR) is 73.8 cm³/mol. The molecule has 1 amide bonds. The number of carbonyl (C=O) groups is 1. The lowest BCUT2D eigenvalue weighted by Crippen LogP contribution is -2.47. The third kappa shape index (κ3) is 2.18. The first-order chi connectivity index (χ1) is 8.10. The van der Waals surface area contributed by atoms with Crippen LogP contribution in [0, 0.1) is 0 Å². The zero-order chi connectivity index (χ0) is 13.7. The second-order valence-corrected chi connectivity index (χ2v) is 7.16. The molecule has 3 nitrogen and oxygen atoms in total. The Balaban J connectivity index is 2.32. The van der Waals surface area contributed by atoms with Gasteiger partial charge in [-0.2, -0.15) is 0 Å². The van der Waals surface area contributed by atoms with Gasteiger partial charge in [0.2, 0.25) is 5.91 Å². The van der Waals surface area contributed by atoms with Gasteiger partial charge in [0.05, 0.1) is 13.0 Å². The lowest BCUT2D eigenvalue weighted by molar-refractivity contribution is -0.131. The fourth-order valence-electron chi connectivity index (χ4n) is 2.60. The highest BCUT2D eigenvalue weighted by Gasteiger charge is 2.39. The predicted octanol–water partition coefficient (Wildman–Crippen LogP) is 2.90. The molecule has 2 aliphatic heterocycles. The maximum atomic E-state index is 12.2. The molecule has 0 saturated heterocycles. The van der Waals surface area contributed by atoms with Gasteiger partial charge in [0.1, 0.15) is 0 Å². The molecule has 0 aromatic heterocycles. The van der Waals surface area contributed by atoms with Crippen molar-refractivity contribution in [1.29, 1.82) is 0 Å². The molecule has 0 spiro atoms. The van der Waals surface area contributed by atoms with Crippen LogP contribution in [0.15, 0.2) is 23.5 Å². The first-order valence-electron chi connectivity index (χ1n) is 6.61. The van der Waals surface area contributed by atoms with Crippen LogP contribution in [-0.4, -0.2) is 33.3 Å².